The number of ether oxygens (including phenoxy) is 1. The number of benzene rings is 2. The molecule has 114 valence electrons. The fourth-order valence-corrected chi connectivity index (χ4v) is 2.51. The molecule has 1 aliphatic heterocycles. The van der Waals surface area contributed by atoms with E-state index in [1.54, 1.807) is 0 Å². The zero-order valence-corrected chi connectivity index (χ0v) is 13.1. The first-order valence-corrected chi connectivity index (χ1v) is 7.38. The first kappa shape index (κ1) is 14.6. The molecule has 1 amide bonds. The summed E-state index contributed by atoms with van der Waals surface area (Å²) in [7, 11) is 0. The van der Waals surface area contributed by atoms with Gasteiger partial charge >= 0.3 is 0 Å². The standard InChI is InChI=1S/C18H20N2O2/c1-18(2,3)22-16-9-8-12-6-4-5-7-14(12)15(16)10-13-11-19-20-17(13)21/h4-10,19H,11H2,1-3H3,(H,20,21)/b13-10+. The van der Waals surface area contributed by atoms with Gasteiger partial charge in [0, 0.05) is 17.7 Å². The van der Waals surface area contributed by atoms with Crippen molar-refractivity contribution in [3.8, 4) is 5.75 Å². The lowest BCUT2D eigenvalue weighted by Crippen LogP contribution is -2.25. The predicted molar refractivity (Wildman–Crippen MR) is 88.5 cm³/mol. The Morgan fingerprint density at radius 1 is 1.14 bits per heavy atom. The Morgan fingerprint density at radius 3 is 2.59 bits per heavy atom. The minimum absolute atomic E-state index is 0.0883. The van der Waals surface area contributed by atoms with Gasteiger partial charge in [-0.15, -0.1) is 0 Å². The third-order valence-electron chi connectivity index (χ3n) is 3.44. The predicted octanol–water partition coefficient (Wildman–Crippen LogP) is 3.03. The summed E-state index contributed by atoms with van der Waals surface area (Å²) in [5, 5.41) is 2.21. The van der Waals surface area contributed by atoms with Crippen molar-refractivity contribution in [1.82, 2.24) is 10.9 Å². The van der Waals surface area contributed by atoms with E-state index in [1.807, 2.05) is 51.1 Å². The summed E-state index contributed by atoms with van der Waals surface area (Å²) in [5.74, 6) is 0.702. The quantitative estimate of drug-likeness (QED) is 0.838. The average Bonchev–Trinajstić information content (AvgIpc) is 2.85. The van der Waals surface area contributed by atoms with Crippen molar-refractivity contribution in [3.63, 3.8) is 0 Å². The normalized spacial score (nSPS) is 17.0. The Hall–Kier alpha value is -2.33. The fraction of sp³-hybridized carbons (Fsp3) is 0.278. The molecule has 2 aromatic rings. The van der Waals surface area contributed by atoms with Gasteiger partial charge in [0.15, 0.2) is 0 Å². The Bertz CT molecular complexity index is 757. The SMILES string of the molecule is CC(C)(C)Oc1ccc2ccccc2c1/C=C1\CNNC1=O. The zero-order chi connectivity index (χ0) is 15.7. The number of hydrazine groups is 1. The van der Waals surface area contributed by atoms with Gasteiger partial charge in [0.2, 0.25) is 0 Å². The highest BCUT2D eigenvalue weighted by atomic mass is 16.5. The van der Waals surface area contributed by atoms with Crippen molar-refractivity contribution in [2.75, 3.05) is 6.54 Å². The van der Waals surface area contributed by atoms with Gasteiger partial charge in [0.1, 0.15) is 11.4 Å². The molecule has 0 saturated carbocycles. The third kappa shape index (κ3) is 2.97. The molecule has 2 N–H and O–H groups in total. The van der Waals surface area contributed by atoms with Crippen LogP contribution in [0.4, 0.5) is 0 Å². The highest BCUT2D eigenvalue weighted by molar-refractivity contribution is 6.03. The van der Waals surface area contributed by atoms with Crippen LogP contribution < -0.4 is 15.6 Å². The van der Waals surface area contributed by atoms with Crippen LogP contribution in [0.2, 0.25) is 0 Å². The molecule has 0 radical (unpaired) electrons. The number of carbonyl (C=O) groups excluding carboxylic acids is 1. The van der Waals surface area contributed by atoms with Crippen LogP contribution in [0.5, 0.6) is 5.75 Å². The lowest BCUT2D eigenvalue weighted by Gasteiger charge is -2.23. The van der Waals surface area contributed by atoms with Crippen LogP contribution in [-0.2, 0) is 4.79 Å². The second kappa shape index (κ2) is 5.46. The van der Waals surface area contributed by atoms with Gasteiger partial charge in [-0.2, -0.15) is 0 Å². The van der Waals surface area contributed by atoms with Crippen LogP contribution in [0, 0.1) is 0 Å². The fourth-order valence-electron chi connectivity index (χ4n) is 2.51. The Kier molecular flexibility index (Phi) is 3.62. The molecule has 0 atom stereocenters. The Labute approximate surface area is 130 Å². The summed E-state index contributed by atoms with van der Waals surface area (Å²) < 4.78 is 6.09. The molecule has 0 unspecified atom stereocenters. The van der Waals surface area contributed by atoms with Crippen molar-refractivity contribution >= 4 is 22.8 Å². The van der Waals surface area contributed by atoms with E-state index in [0.29, 0.717) is 12.1 Å². The topological polar surface area (TPSA) is 50.4 Å². The van der Waals surface area contributed by atoms with Crippen molar-refractivity contribution in [2.24, 2.45) is 0 Å². The minimum atomic E-state index is -0.300. The van der Waals surface area contributed by atoms with Crippen LogP contribution >= 0.6 is 0 Å². The molecule has 22 heavy (non-hydrogen) atoms. The zero-order valence-electron chi connectivity index (χ0n) is 13.1. The highest BCUT2D eigenvalue weighted by Gasteiger charge is 2.19. The van der Waals surface area contributed by atoms with Gasteiger partial charge in [-0.3, -0.25) is 10.2 Å². The average molecular weight is 296 g/mol. The summed E-state index contributed by atoms with van der Waals surface area (Å²) >= 11 is 0. The first-order valence-electron chi connectivity index (χ1n) is 7.38. The lowest BCUT2D eigenvalue weighted by molar-refractivity contribution is -0.116. The van der Waals surface area contributed by atoms with Crippen LogP contribution in [0.15, 0.2) is 42.0 Å². The van der Waals surface area contributed by atoms with Gasteiger partial charge in [-0.25, -0.2) is 5.43 Å². The molecule has 0 bridgehead atoms. The Morgan fingerprint density at radius 2 is 1.91 bits per heavy atom. The molecule has 4 heteroatoms. The molecular formula is C18H20N2O2. The summed E-state index contributed by atoms with van der Waals surface area (Å²) in [6, 6.07) is 12.1. The molecular weight excluding hydrogens is 276 g/mol. The molecule has 2 aromatic carbocycles. The van der Waals surface area contributed by atoms with Crippen LogP contribution in [0.1, 0.15) is 26.3 Å². The summed E-state index contributed by atoms with van der Waals surface area (Å²) in [6.45, 7) is 6.56. The largest absolute Gasteiger partial charge is 0.488 e. The van der Waals surface area contributed by atoms with E-state index in [9.17, 15) is 4.79 Å². The van der Waals surface area contributed by atoms with E-state index in [0.717, 1.165) is 22.1 Å². The number of rotatable bonds is 2. The summed E-state index contributed by atoms with van der Waals surface area (Å²) in [5.41, 5.74) is 6.81. The lowest BCUT2D eigenvalue weighted by atomic mass is 10.0. The van der Waals surface area contributed by atoms with E-state index < -0.39 is 0 Å². The van der Waals surface area contributed by atoms with Crippen molar-refractivity contribution < 1.29 is 9.53 Å². The molecule has 1 heterocycles. The second-order valence-electron chi connectivity index (χ2n) is 6.39. The van der Waals surface area contributed by atoms with Gasteiger partial charge < -0.3 is 4.74 Å². The summed E-state index contributed by atoms with van der Waals surface area (Å²) in [4.78, 5) is 11.8. The maximum Gasteiger partial charge on any atom is 0.262 e. The van der Waals surface area contributed by atoms with Gasteiger partial charge in [0.05, 0.1) is 0 Å². The molecule has 1 aliphatic rings. The van der Waals surface area contributed by atoms with Crippen LogP contribution in [0.3, 0.4) is 0 Å². The van der Waals surface area contributed by atoms with E-state index >= 15 is 0 Å². The number of nitrogens with one attached hydrogen (secondary N) is 2. The van der Waals surface area contributed by atoms with Crippen molar-refractivity contribution in [3.05, 3.63) is 47.5 Å². The van der Waals surface area contributed by atoms with E-state index in [-0.39, 0.29) is 11.5 Å². The second-order valence-corrected chi connectivity index (χ2v) is 6.39. The molecule has 3 rings (SSSR count). The maximum absolute atomic E-state index is 11.8. The monoisotopic (exact) mass is 296 g/mol. The van der Waals surface area contributed by atoms with Gasteiger partial charge in [0.25, 0.3) is 5.91 Å². The molecule has 0 aliphatic carbocycles. The molecule has 0 spiro atoms. The van der Waals surface area contributed by atoms with Gasteiger partial charge in [-0.05, 0) is 43.7 Å². The van der Waals surface area contributed by atoms with Crippen molar-refractivity contribution in [1.29, 1.82) is 0 Å². The highest BCUT2D eigenvalue weighted by Crippen LogP contribution is 2.32. The number of carbonyl (C=O) groups is 1. The molecule has 1 saturated heterocycles. The number of hydrogen-bond acceptors (Lipinski definition) is 3. The molecule has 1 fully saturated rings. The van der Waals surface area contributed by atoms with E-state index in [4.69, 9.17) is 4.74 Å². The van der Waals surface area contributed by atoms with Gasteiger partial charge in [-0.1, -0.05) is 30.3 Å². The number of amides is 1. The molecule has 4 nitrogen and oxygen atoms in total. The first-order chi connectivity index (χ1) is 10.4. The van der Waals surface area contributed by atoms with E-state index in [1.165, 1.54) is 0 Å². The third-order valence-corrected chi connectivity index (χ3v) is 3.44. The molecule has 0 aromatic heterocycles. The number of fused-ring (bicyclic) bond motifs is 1. The number of hydrogen-bond donors (Lipinski definition) is 2. The Balaban J connectivity index is 2.18. The van der Waals surface area contributed by atoms with E-state index in [2.05, 4.69) is 23.0 Å². The summed E-state index contributed by atoms with van der Waals surface area (Å²) in [6.07, 6.45) is 1.92. The smallest absolute Gasteiger partial charge is 0.262 e. The van der Waals surface area contributed by atoms with Crippen molar-refractivity contribution in [2.45, 2.75) is 26.4 Å². The maximum atomic E-state index is 11.8. The van der Waals surface area contributed by atoms with Crippen LogP contribution in [-0.4, -0.2) is 18.1 Å². The van der Waals surface area contributed by atoms with Crippen LogP contribution in [0.25, 0.3) is 16.8 Å². The minimum Gasteiger partial charge on any atom is -0.488 e.